The van der Waals surface area contributed by atoms with E-state index in [0.717, 1.165) is 0 Å². The molecular weight excluding hydrogens is 344 g/mol. The van der Waals surface area contributed by atoms with E-state index < -0.39 is 18.9 Å². The van der Waals surface area contributed by atoms with Gasteiger partial charge in [-0.05, 0) is 12.1 Å². The lowest BCUT2D eigenvalue weighted by Gasteiger charge is -2.09. The molecule has 0 aliphatic carbocycles. The van der Waals surface area contributed by atoms with Gasteiger partial charge in [-0.25, -0.2) is 4.79 Å². The summed E-state index contributed by atoms with van der Waals surface area (Å²) in [5.74, 6) is -0.600. The van der Waals surface area contributed by atoms with Crippen molar-refractivity contribution < 1.29 is 28.9 Å². The number of hydrogen-bond acceptors (Lipinski definition) is 9. The first kappa shape index (κ1) is 16.4. The largest absolute Gasteiger partial charge is 0.458 e. The van der Waals surface area contributed by atoms with E-state index in [9.17, 15) is 10.0 Å². The van der Waals surface area contributed by atoms with Gasteiger partial charge in [0.15, 0.2) is 12.9 Å². The van der Waals surface area contributed by atoms with Crippen LogP contribution >= 0.6 is 11.6 Å². The van der Waals surface area contributed by atoms with E-state index in [1.807, 2.05) is 0 Å². The third kappa shape index (κ3) is 4.10. The molecule has 2 aromatic rings. The molecule has 24 heavy (non-hydrogen) atoms. The molecule has 0 unspecified atom stereocenters. The summed E-state index contributed by atoms with van der Waals surface area (Å²) in [6.45, 7) is 0.490. The number of rotatable bonds is 6. The van der Waals surface area contributed by atoms with Crippen molar-refractivity contribution in [2.75, 3.05) is 26.4 Å². The van der Waals surface area contributed by atoms with E-state index in [2.05, 4.69) is 15.1 Å². The zero-order valence-corrected chi connectivity index (χ0v) is 13.0. The minimum Gasteiger partial charge on any atom is -0.458 e. The van der Waals surface area contributed by atoms with Crippen LogP contribution in [0.2, 0.25) is 5.02 Å². The Labute approximate surface area is 140 Å². The molecule has 1 saturated heterocycles. The highest BCUT2D eigenvalue weighted by molar-refractivity contribution is 6.30. The van der Waals surface area contributed by atoms with E-state index in [1.54, 1.807) is 12.1 Å². The Hall–Kier alpha value is -2.43. The summed E-state index contributed by atoms with van der Waals surface area (Å²) >= 11 is 5.74. The van der Waals surface area contributed by atoms with Gasteiger partial charge in [-0.2, -0.15) is 4.98 Å². The smallest absolute Gasteiger partial charge is 0.344 e. The summed E-state index contributed by atoms with van der Waals surface area (Å²) in [6.07, 6.45) is 0.850. The monoisotopic (exact) mass is 356 g/mol. The van der Waals surface area contributed by atoms with E-state index in [1.165, 1.54) is 6.20 Å². The maximum absolute atomic E-state index is 11.6. The first-order valence-electron chi connectivity index (χ1n) is 6.91. The number of carbonyl (C=O) groups is 1. The van der Waals surface area contributed by atoms with Gasteiger partial charge in [-0.15, -0.1) is 0 Å². The number of hydrogen-bond donors (Lipinski definition) is 1. The van der Waals surface area contributed by atoms with Gasteiger partial charge in [0, 0.05) is 6.20 Å². The molecule has 2 aromatic heterocycles. The fourth-order valence-electron chi connectivity index (χ4n) is 1.84. The Morgan fingerprint density at radius 1 is 1.42 bits per heavy atom. The highest BCUT2D eigenvalue weighted by atomic mass is 35.5. The fraction of sp³-hybridized carbons (Fsp3) is 0.385. The average Bonchev–Trinajstić information content (AvgIpc) is 3.21. The summed E-state index contributed by atoms with van der Waals surface area (Å²) < 4.78 is 20.2. The molecule has 0 aromatic carbocycles. The van der Waals surface area contributed by atoms with E-state index in [4.69, 9.17) is 30.5 Å². The number of pyridine rings is 1. The number of aromatic nitrogens is 4. The quantitative estimate of drug-likeness (QED) is 0.583. The molecule has 1 aliphatic heterocycles. The molecular formula is C13H13ClN4O6. The predicted molar refractivity (Wildman–Crippen MR) is 77.6 cm³/mol. The molecule has 0 radical (unpaired) electrons. The minimum absolute atomic E-state index is 0.0238. The lowest BCUT2D eigenvalue weighted by molar-refractivity contribution is -0.158. The van der Waals surface area contributed by atoms with Crippen molar-refractivity contribution in [2.24, 2.45) is 0 Å². The Kier molecular flexibility index (Phi) is 5.08. The molecule has 1 fully saturated rings. The summed E-state index contributed by atoms with van der Waals surface area (Å²) in [5.41, 5.74) is 0.336. The Morgan fingerprint density at radius 3 is 2.92 bits per heavy atom. The highest BCUT2D eigenvalue weighted by Gasteiger charge is 2.19. The number of carbonyl (C=O) groups excluding carboxylic acids is 1. The summed E-state index contributed by atoms with van der Waals surface area (Å²) in [7, 11) is 0. The summed E-state index contributed by atoms with van der Waals surface area (Å²) in [4.78, 5) is 20.0. The summed E-state index contributed by atoms with van der Waals surface area (Å²) in [6, 6.07) is 2.94. The zero-order chi connectivity index (χ0) is 16.9. The second-order valence-electron chi connectivity index (χ2n) is 4.61. The van der Waals surface area contributed by atoms with Crippen LogP contribution in [0.15, 0.2) is 18.3 Å². The topological polar surface area (TPSA) is 118 Å². The van der Waals surface area contributed by atoms with Crippen LogP contribution in [0.4, 0.5) is 0 Å². The van der Waals surface area contributed by atoms with Crippen molar-refractivity contribution in [2.45, 2.75) is 6.29 Å². The predicted octanol–water partition coefficient (Wildman–Crippen LogP) is 0.526. The molecule has 0 amide bonds. The zero-order valence-electron chi connectivity index (χ0n) is 12.3. The van der Waals surface area contributed by atoms with Crippen LogP contribution in [0.5, 0.6) is 6.01 Å². The van der Waals surface area contributed by atoms with Crippen molar-refractivity contribution in [3.63, 3.8) is 0 Å². The van der Waals surface area contributed by atoms with Crippen LogP contribution in [0.25, 0.3) is 11.5 Å². The second-order valence-corrected chi connectivity index (χ2v) is 5.05. The van der Waals surface area contributed by atoms with Crippen LogP contribution in [-0.4, -0.2) is 63.8 Å². The van der Waals surface area contributed by atoms with Crippen molar-refractivity contribution >= 4 is 17.6 Å². The van der Waals surface area contributed by atoms with Crippen LogP contribution in [0.1, 0.15) is 0 Å². The van der Waals surface area contributed by atoms with Gasteiger partial charge in [-0.1, -0.05) is 21.5 Å². The maximum atomic E-state index is 11.6. The van der Waals surface area contributed by atoms with Gasteiger partial charge < -0.3 is 24.2 Å². The first-order valence-corrected chi connectivity index (χ1v) is 7.29. The third-order valence-electron chi connectivity index (χ3n) is 2.92. The van der Waals surface area contributed by atoms with Crippen molar-refractivity contribution in [3.8, 4) is 17.5 Å². The van der Waals surface area contributed by atoms with Gasteiger partial charge in [0.25, 0.3) is 0 Å². The molecule has 128 valence electrons. The Morgan fingerprint density at radius 2 is 2.21 bits per heavy atom. The lowest BCUT2D eigenvalue weighted by atomic mass is 10.3. The van der Waals surface area contributed by atoms with E-state index >= 15 is 0 Å². The molecule has 11 heteroatoms. The molecule has 0 atom stereocenters. The SMILES string of the molecule is O=C(COc1nc(-c2ccc(Cl)cn2)n(O)n1)OCC1OCCO1. The normalized spacial score (nSPS) is 14.7. The van der Waals surface area contributed by atoms with Gasteiger partial charge in [-0.3, -0.25) is 4.98 Å². The standard InChI is InChI=1S/C13H13ClN4O6/c14-8-1-2-9(15-5-8)12-16-13(17-18(12)20)24-6-10(19)23-7-11-21-3-4-22-11/h1-2,5,11,20H,3-4,6-7H2. The minimum atomic E-state index is -0.644. The molecule has 0 bridgehead atoms. The highest BCUT2D eigenvalue weighted by Crippen LogP contribution is 2.18. The van der Waals surface area contributed by atoms with E-state index in [-0.39, 0.29) is 18.4 Å². The summed E-state index contributed by atoms with van der Waals surface area (Å²) in [5, 5.41) is 13.8. The molecule has 0 saturated carbocycles. The fourth-order valence-corrected chi connectivity index (χ4v) is 1.96. The van der Waals surface area contributed by atoms with Crippen LogP contribution < -0.4 is 4.74 Å². The Balaban J connectivity index is 1.53. The van der Waals surface area contributed by atoms with Gasteiger partial charge >= 0.3 is 12.0 Å². The number of ether oxygens (including phenoxy) is 4. The third-order valence-corrected chi connectivity index (χ3v) is 3.14. The van der Waals surface area contributed by atoms with E-state index in [0.29, 0.717) is 28.8 Å². The van der Waals surface area contributed by atoms with Crippen LogP contribution in [0, 0.1) is 0 Å². The molecule has 3 rings (SSSR count). The molecule has 3 heterocycles. The molecule has 1 aliphatic rings. The number of esters is 1. The number of nitrogens with zero attached hydrogens (tertiary/aromatic N) is 4. The van der Waals surface area contributed by atoms with Crippen molar-refractivity contribution in [1.82, 2.24) is 19.9 Å². The van der Waals surface area contributed by atoms with Crippen LogP contribution in [-0.2, 0) is 19.0 Å². The molecule has 1 N–H and O–H groups in total. The van der Waals surface area contributed by atoms with Gasteiger partial charge in [0.2, 0.25) is 5.82 Å². The van der Waals surface area contributed by atoms with Crippen molar-refractivity contribution in [3.05, 3.63) is 23.4 Å². The molecule has 0 spiro atoms. The first-order chi connectivity index (χ1) is 11.6. The van der Waals surface area contributed by atoms with Gasteiger partial charge in [0.1, 0.15) is 12.3 Å². The molecule has 10 nitrogen and oxygen atoms in total. The number of halogens is 1. The van der Waals surface area contributed by atoms with Crippen molar-refractivity contribution in [1.29, 1.82) is 0 Å². The average molecular weight is 357 g/mol. The maximum Gasteiger partial charge on any atom is 0.344 e. The lowest BCUT2D eigenvalue weighted by Crippen LogP contribution is -2.23. The van der Waals surface area contributed by atoms with Gasteiger partial charge in [0.05, 0.1) is 18.2 Å². The second kappa shape index (κ2) is 7.43. The Bertz CT molecular complexity index is 701. The van der Waals surface area contributed by atoms with Crippen LogP contribution in [0.3, 0.4) is 0 Å².